The molecule has 0 spiro atoms. The molecule has 2 aliphatic rings. The predicted octanol–water partition coefficient (Wildman–Crippen LogP) is 1.14. The maximum absolute atomic E-state index is 12.7. The highest BCUT2D eigenvalue weighted by Gasteiger charge is 2.38. The maximum Gasteiger partial charge on any atom is 0.320 e. The first-order chi connectivity index (χ1) is 9.54. The number of piperidine rings is 1. The number of carbonyl (C=O) groups is 2. The minimum atomic E-state index is -0.858. The normalized spacial score (nSPS) is 30.6. The topological polar surface area (TPSA) is 81.1 Å². The van der Waals surface area contributed by atoms with E-state index < -0.39 is 5.97 Å². The van der Waals surface area contributed by atoms with Gasteiger partial charge in [0, 0.05) is 19.1 Å². The molecule has 0 aromatic heterocycles. The van der Waals surface area contributed by atoms with Crippen LogP contribution in [0.15, 0.2) is 0 Å². The van der Waals surface area contributed by atoms with Crippen molar-refractivity contribution < 1.29 is 19.8 Å². The predicted molar refractivity (Wildman–Crippen MR) is 73.4 cm³/mol. The summed E-state index contributed by atoms with van der Waals surface area (Å²) in [6.07, 6.45) is 3.56. The SMILES string of the molecule is CC1CCN(C(=O)N2CCCCC2CC(=O)O)C1CO. The molecule has 2 rings (SSSR count). The van der Waals surface area contributed by atoms with Crippen molar-refractivity contribution in [3.63, 3.8) is 0 Å². The lowest BCUT2D eigenvalue weighted by Crippen LogP contribution is -2.53. The highest BCUT2D eigenvalue weighted by atomic mass is 16.4. The summed E-state index contributed by atoms with van der Waals surface area (Å²) in [6, 6.07) is -0.432. The number of aliphatic carboxylic acids is 1. The van der Waals surface area contributed by atoms with E-state index in [2.05, 4.69) is 0 Å². The van der Waals surface area contributed by atoms with Gasteiger partial charge in [0.15, 0.2) is 0 Å². The van der Waals surface area contributed by atoms with Gasteiger partial charge >= 0.3 is 12.0 Å². The number of likely N-dealkylation sites (tertiary alicyclic amines) is 2. The van der Waals surface area contributed by atoms with Crippen LogP contribution in [0.4, 0.5) is 4.79 Å². The molecular weight excluding hydrogens is 260 g/mol. The zero-order valence-corrected chi connectivity index (χ0v) is 12.0. The quantitative estimate of drug-likeness (QED) is 0.814. The third kappa shape index (κ3) is 3.06. The molecule has 6 nitrogen and oxygen atoms in total. The van der Waals surface area contributed by atoms with Crippen molar-refractivity contribution >= 4 is 12.0 Å². The molecule has 114 valence electrons. The summed E-state index contributed by atoms with van der Waals surface area (Å²) in [7, 11) is 0. The van der Waals surface area contributed by atoms with E-state index in [1.54, 1.807) is 9.80 Å². The third-order valence-electron chi connectivity index (χ3n) is 4.60. The molecule has 0 bridgehead atoms. The minimum Gasteiger partial charge on any atom is -0.481 e. The lowest BCUT2D eigenvalue weighted by atomic mass is 9.99. The van der Waals surface area contributed by atoms with E-state index in [-0.39, 0.29) is 31.1 Å². The van der Waals surface area contributed by atoms with Crippen molar-refractivity contribution in [3.05, 3.63) is 0 Å². The van der Waals surface area contributed by atoms with Crippen LogP contribution in [0.5, 0.6) is 0 Å². The van der Waals surface area contributed by atoms with Gasteiger partial charge in [-0.25, -0.2) is 4.79 Å². The average Bonchev–Trinajstić information content (AvgIpc) is 2.79. The van der Waals surface area contributed by atoms with Crippen molar-refractivity contribution in [1.29, 1.82) is 0 Å². The molecule has 6 heteroatoms. The number of hydrogen-bond donors (Lipinski definition) is 2. The van der Waals surface area contributed by atoms with Crippen LogP contribution in [0.2, 0.25) is 0 Å². The zero-order chi connectivity index (χ0) is 14.7. The Balaban J connectivity index is 2.07. The molecule has 2 heterocycles. The number of carboxylic acid groups (broad SMARTS) is 1. The lowest BCUT2D eigenvalue weighted by Gasteiger charge is -2.39. The Hall–Kier alpha value is -1.30. The van der Waals surface area contributed by atoms with E-state index in [9.17, 15) is 14.7 Å². The van der Waals surface area contributed by atoms with Gasteiger partial charge < -0.3 is 20.0 Å². The Morgan fingerprint density at radius 1 is 1.15 bits per heavy atom. The second-order valence-electron chi connectivity index (χ2n) is 5.93. The number of aliphatic hydroxyl groups is 1. The van der Waals surface area contributed by atoms with Crippen LogP contribution < -0.4 is 0 Å². The molecule has 2 saturated heterocycles. The van der Waals surface area contributed by atoms with Crippen molar-refractivity contribution in [1.82, 2.24) is 9.80 Å². The first kappa shape index (κ1) is 15.1. The molecule has 2 amide bonds. The van der Waals surface area contributed by atoms with Gasteiger partial charge in [-0.1, -0.05) is 6.92 Å². The van der Waals surface area contributed by atoms with E-state index in [1.807, 2.05) is 6.92 Å². The summed E-state index contributed by atoms with van der Waals surface area (Å²) in [5.41, 5.74) is 0. The molecule has 0 aliphatic carbocycles. The lowest BCUT2D eigenvalue weighted by molar-refractivity contribution is -0.138. The number of amides is 2. The van der Waals surface area contributed by atoms with Crippen molar-refractivity contribution in [2.45, 2.75) is 51.1 Å². The van der Waals surface area contributed by atoms with Gasteiger partial charge in [-0.2, -0.15) is 0 Å². The Morgan fingerprint density at radius 2 is 1.90 bits per heavy atom. The van der Waals surface area contributed by atoms with Crippen LogP contribution in [-0.4, -0.2) is 63.8 Å². The van der Waals surface area contributed by atoms with Gasteiger partial charge in [0.25, 0.3) is 0 Å². The average molecular weight is 284 g/mol. The number of hydrogen-bond acceptors (Lipinski definition) is 3. The minimum absolute atomic E-state index is 0.0128. The second-order valence-corrected chi connectivity index (χ2v) is 5.93. The molecule has 0 saturated carbocycles. The summed E-state index contributed by atoms with van der Waals surface area (Å²) in [4.78, 5) is 27.0. The first-order valence-corrected chi connectivity index (χ1v) is 7.44. The van der Waals surface area contributed by atoms with Crippen molar-refractivity contribution in [3.8, 4) is 0 Å². The van der Waals surface area contributed by atoms with E-state index in [0.717, 1.165) is 25.7 Å². The molecule has 2 N–H and O–H groups in total. The molecule has 0 aromatic carbocycles. The Morgan fingerprint density at radius 3 is 2.55 bits per heavy atom. The van der Waals surface area contributed by atoms with Gasteiger partial charge in [0.05, 0.1) is 19.1 Å². The summed E-state index contributed by atoms with van der Waals surface area (Å²) < 4.78 is 0. The largest absolute Gasteiger partial charge is 0.481 e. The van der Waals surface area contributed by atoms with Crippen LogP contribution in [0, 0.1) is 5.92 Å². The molecule has 3 atom stereocenters. The molecule has 3 unspecified atom stereocenters. The second kappa shape index (κ2) is 6.43. The summed E-state index contributed by atoms with van der Waals surface area (Å²) in [5, 5.41) is 18.4. The van der Waals surface area contributed by atoms with Gasteiger partial charge in [0.1, 0.15) is 0 Å². The molecule has 0 radical (unpaired) electrons. The highest BCUT2D eigenvalue weighted by Crippen LogP contribution is 2.28. The first-order valence-electron chi connectivity index (χ1n) is 7.44. The van der Waals surface area contributed by atoms with E-state index in [1.165, 1.54) is 0 Å². The fourth-order valence-electron chi connectivity index (χ4n) is 3.36. The van der Waals surface area contributed by atoms with Gasteiger partial charge in [-0.15, -0.1) is 0 Å². The van der Waals surface area contributed by atoms with Gasteiger partial charge in [0.2, 0.25) is 0 Å². The van der Waals surface area contributed by atoms with Crippen LogP contribution in [0.3, 0.4) is 0 Å². The van der Waals surface area contributed by atoms with Gasteiger partial charge in [-0.3, -0.25) is 4.79 Å². The number of carboxylic acids is 1. The maximum atomic E-state index is 12.7. The number of nitrogens with zero attached hydrogens (tertiary/aromatic N) is 2. The number of carbonyl (C=O) groups excluding carboxylic acids is 1. The highest BCUT2D eigenvalue weighted by molar-refractivity contribution is 5.77. The van der Waals surface area contributed by atoms with E-state index >= 15 is 0 Å². The molecule has 2 aliphatic heterocycles. The molecule has 2 fully saturated rings. The van der Waals surface area contributed by atoms with E-state index in [4.69, 9.17) is 5.11 Å². The number of aliphatic hydroxyl groups excluding tert-OH is 1. The summed E-state index contributed by atoms with van der Waals surface area (Å²) in [6.45, 7) is 3.30. The van der Waals surface area contributed by atoms with Crippen LogP contribution in [-0.2, 0) is 4.79 Å². The third-order valence-corrected chi connectivity index (χ3v) is 4.60. The number of rotatable bonds is 3. The Bertz CT molecular complexity index is 374. The Kier molecular flexibility index (Phi) is 4.86. The summed E-state index contributed by atoms with van der Waals surface area (Å²) in [5.74, 6) is -0.560. The molecular formula is C14H24N2O4. The smallest absolute Gasteiger partial charge is 0.320 e. The fraction of sp³-hybridized carbons (Fsp3) is 0.857. The molecule has 20 heavy (non-hydrogen) atoms. The molecule has 0 aromatic rings. The van der Waals surface area contributed by atoms with Crippen LogP contribution in [0.25, 0.3) is 0 Å². The van der Waals surface area contributed by atoms with Crippen LogP contribution >= 0.6 is 0 Å². The fourth-order valence-corrected chi connectivity index (χ4v) is 3.36. The number of urea groups is 1. The zero-order valence-electron chi connectivity index (χ0n) is 12.0. The monoisotopic (exact) mass is 284 g/mol. The van der Waals surface area contributed by atoms with Crippen LogP contribution in [0.1, 0.15) is 39.0 Å². The van der Waals surface area contributed by atoms with Gasteiger partial charge in [-0.05, 0) is 31.6 Å². The standard InChI is InChI=1S/C14H24N2O4/c1-10-5-7-16(12(10)9-17)14(20)15-6-3-2-4-11(15)8-13(18)19/h10-12,17H,2-9H2,1H3,(H,18,19). The summed E-state index contributed by atoms with van der Waals surface area (Å²) >= 11 is 0. The van der Waals surface area contributed by atoms with E-state index in [0.29, 0.717) is 19.0 Å². The Labute approximate surface area is 119 Å². The van der Waals surface area contributed by atoms with Crippen molar-refractivity contribution in [2.75, 3.05) is 19.7 Å². The van der Waals surface area contributed by atoms with Crippen molar-refractivity contribution in [2.24, 2.45) is 5.92 Å².